The summed E-state index contributed by atoms with van der Waals surface area (Å²) in [5.74, 6) is 0.847. The van der Waals surface area contributed by atoms with Gasteiger partial charge in [-0.3, -0.25) is 0 Å². The highest BCUT2D eigenvalue weighted by atomic mass is 35.5. The highest BCUT2D eigenvalue weighted by molar-refractivity contribution is 7.14. The third-order valence-electron chi connectivity index (χ3n) is 1.93. The van der Waals surface area contributed by atoms with Crippen molar-refractivity contribution < 1.29 is 4.74 Å². The Balaban J connectivity index is 2.22. The second kappa shape index (κ2) is 4.55. The predicted molar refractivity (Wildman–Crippen MR) is 65.6 cm³/mol. The molecule has 78 valence electrons. The number of ether oxygens (including phenoxy) is 1. The van der Waals surface area contributed by atoms with Crippen LogP contribution in [0.1, 0.15) is 0 Å². The largest absolute Gasteiger partial charge is 0.494 e. The zero-order valence-electron chi connectivity index (χ0n) is 8.16. The van der Waals surface area contributed by atoms with Gasteiger partial charge in [0.05, 0.1) is 7.11 Å². The number of anilines is 2. The van der Waals surface area contributed by atoms with E-state index < -0.39 is 0 Å². The van der Waals surface area contributed by atoms with Gasteiger partial charge in [0.1, 0.15) is 5.00 Å². The Bertz CT molecular complexity index is 455. The van der Waals surface area contributed by atoms with Crippen molar-refractivity contribution in [2.24, 2.45) is 0 Å². The molecule has 2 rings (SSSR count). The van der Waals surface area contributed by atoms with Crippen LogP contribution in [0, 0.1) is 0 Å². The van der Waals surface area contributed by atoms with Gasteiger partial charge in [-0.1, -0.05) is 17.7 Å². The first-order valence-corrected chi connectivity index (χ1v) is 5.69. The van der Waals surface area contributed by atoms with Crippen molar-refractivity contribution in [1.82, 2.24) is 0 Å². The highest BCUT2D eigenvalue weighted by Gasteiger charge is 2.04. The topological polar surface area (TPSA) is 21.3 Å². The van der Waals surface area contributed by atoms with Crippen LogP contribution in [-0.2, 0) is 0 Å². The van der Waals surface area contributed by atoms with Gasteiger partial charge < -0.3 is 10.1 Å². The SMILES string of the molecule is COc1ccsc1Nc1cccc(Cl)c1. The molecule has 0 spiro atoms. The second-order valence-electron chi connectivity index (χ2n) is 2.95. The van der Waals surface area contributed by atoms with Crippen LogP contribution in [0.3, 0.4) is 0 Å². The lowest BCUT2D eigenvalue weighted by Crippen LogP contribution is -1.90. The lowest BCUT2D eigenvalue weighted by atomic mass is 10.3. The van der Waals surface area contributed by atoms with Gasteiger partial charge in [-0.25, -0.2) is 0 Å². The monoisotopic (exact) mass is 239 g/mol. The van der Waals surface area contributed by atoms with E-state index in [0.29, 0.717) is 0 Å². The van der Waals surface area contributed by atoms with E-state index in [-0.39, 0.29) is 0 Å². The molecule has 0 aliphatic rings. The molecule has 0 fully saturated rings. The molecule has 0 saturated carbocycles. The molecule has 0 aliphatic heterocycles. The van der Waals surface area contributed by atoms with Crippen molar-refractivity contribution in [2.75, 3.05) is 12.4 Å². The highest BCUT2D eigenvalue weighted by Crippen LogP contribution is 2.33. The third-order valence-corrected chi connectivity index (χ3v) is 2.98. The Morgan fingerprint density at radius 2 is 2.20 bits per heavy atom. The Hall–Kier alpha value is -1.19. The van der Waals surface area contributed by atoms with E-state index in [1.807, 2.05) is 35.7 Å². The summed E-state index contributed by atoms with van der Waals surface area (Å²) < 4.78 is 5.20. The minimum Gasteiger partial charge on any atom is -0.494 e. The molecule has 4 heteroatoms. The molecule has 1 aromatic carbocycles. The van der Waals surface area contributed by atoms with Gasteiger partial charge in [0.25, 0.3) is 0 Å². The van der Waals surface area contributed by atoms with E-state index in [1.54, 1.807) is 18.4 Å². The first-order valence-electron chi connectivity index (χ1n) is 4.43. The van der Waals surface area contributed by atoms with Gasteiger partial charge >= 0.3 is 0 Å². The van der Waals surface area contributed by atoms with Crippen LogP contribution in [0.2, 0.25) is 5.02 Å². The lowest BCUT2D eigenvalue weighted by molar-refractivity contribution is 0.418. The maximum atomic E-state index is 5.89. The summed E-state index contributed by atoms with van der Waals surface area (Å²) in [6, 6.07) is 9.52. The van der Waals surface area contributed by atoms with E-state index in [0.717, 1.165) is 21.5 Å². The molecule has 0 amide bonds. The van der Waals surface area contributed by atoms with E-state index in [4.69, 9.17) is 16.3 Å². The molecule has 0 unspecified atom stereocenters. The molecule has 2 aromatic rings. The van der Waals surface area contributed by atoms with Crippen molar-refractivity contribution in [3.8, 4) is 5.75 Å². The first kappa shape index (κ1) is 10.3. The Kier molecular flexibility index (Phi) is 3.14. The molecule has 0 saturated heterocycles. The second-order valence-corrected chi connectivity index (χ2v) is 4.31. The molecule has 0 radical (unpaired) electrons. The molecule has 0 atom stereocenters. The maximum absolute atomic E-state index is 5.89. The van der Waals surface area contributed by atoms with Gasteiger partial charge in [0.2, 0.25) is 0 Å². The normalized spacial score (nSPS) is 10.0. The summed E-state index contributed by atoms with van der Waals surface area (Å²) >= 11 is 7.49. The zero-order valence-corrected chi connectivity index (χ0v) is 9.73. The molecule has 1 heterocycles. The average molecular weight is 240 g/mol. The van der Waals surface area contributed by atoms with Gasteiger partial charge in [0, 0.05) is 10.7 Å². The minimum absolute atomic E-state index is 0.718. The van der Waals surface area contributed by atoms with E-state index >= 15 is 0 Å². The van der Waals surface area contributed by atoms with Gasteiger partial charge in [-0.05, 0) is 29.6 Å². The molecule has 0 bridgehead atoms. The Morgan fingerprint density at radius 3 is 2.93 bits per heavy atom. The average Bonchev–Trinajstić information content (AvgIpc) is 2.65. The quantitative estimate of drug-likeness (QED) is 0.869. The number of nitrogens with one attached hydrogen (secondary N) is 1. The fourth-order valence-electron chi connectivity index (χ4n) is 1.25. The summed E-state index contributed by atoms with van der Waals surface area (Å²) in [4.78, 5) is 0. The summed E-state index contributed by atoms with van der Waals surface area (Å²) in [7, 11) is 1.66. The Labute approximate surface area is 97.5 Å². The molecule has 1 aromatic heterocycles. The van der Waals surface area contributed by atoms with Crippen LogP contribution in [-0.4, -0.2) is 7.11 Å². The number of halogens is 1. The summed E-state index contributed by atoms with van der Waals surface area (Å²) in [5, 5.41) is 6.94. The molecule has 1 N–H and O–H groups in total. The number of methoxy groups -OCH3 is 1. The summed E-state index contributed by atoms with van der Waals surface area (Å²) in [6.07, 6.45) is 0. The van der Waals surface area contributed by atoms with Crippen molar-refractivity contribution in [3.05, 3.63) is 40.7 Å². The lowest BCUT2D eigenvalue weighted by Gasteiger charge is -2.06. The predicted octanol–water partition coefficient (Wildman–Crippen LogP) is 4.15. The van der Waals surface area contributed by atoms with Crippen molar-refractivity contribution in [2.45, 2.75) is 0 Å². The number of rotatable bonds is 3. The minimum atomic E-state index is 0.718. The molecule has 0 aliphatic carbocycles. The zero-order chi connectivity index (χ0) is 10.7. The summed E-state index contributed by atoms with van der Waals surface area (Å²) in [6.45, 7) is 0. The fourth-order valence-corrected chi connectivity index (χ4v) is 2.21. The maximum Gasteiger partial charge on any atom is 0.153 e. The van der Waals surface area contributed by atoms with Crippen LogP contribution in [0.25, 0.3) is 0 Å². The number of benzene rings is 1. The first-order chi connectivity index (χ1) is 7.29. The smallest absolute Gasteiger partial charge is 0.153 e. The molecular formula is C11H10ClNOS. The number of hydrogen-bond donors (Lipinski definition) is 1. The Morgan fingerprint density at radius 1 is 1.33 bits per heavy atom. The third kappa shape index (κ3) is 2.43. The van der Waals surface area contributed by atoms with Crippen molar-refractivity contribution in [1.29, 1.82) is 0 Å². The molecule has 2 nitrogen and oxygen atoms in total. The van der Waals surface area contributed by atoms with Crippen LogP contribution in [0.4, 0.5) is 10.7 Å². The van der Waals surface area contributed by atoms with Crippen LogP contribution in [0.5, 0.6) is 5.75 Å². The van der Waals surface area contributed by atoms with E-state index in [1.165, 1.54) is 0 Å². The van der Waals surface area contributed by atoms with E-state index in [2.05, 4.69) is 5.32 Å². The van der Waals surface area contributed by atoms with Crippen LogP contribution < -0.4 is 10.1 Å². The molecule has 15 heavy (non-hydrogen) atoms. The van der Waals surface area contributed by atoms with Crippen molar-refractivity contribution >= 4 is 33.6 Å². The van der Waals surface area contributed by atoms with E-state index in [9.17, 15) is 0 Å². The van der Waals surface area contributed by atoms with Crippen LogP contribution >= 0.6 is 22.9 Å². The van der Waals surface area contributed by atoms with Crippen LogP contribution in [0.15, 0.2) is 35.7 Å². The standard InChI is InChI=1S/C11H10ClNOS/c1-14-10-5-6-15-11(10)13-9-4-2-3-8(12)7-9/h2-7,13H,1H3. The molecular weight excluding hydrogens is 230 g/mol. The van der Waals surface area contributed by atoms with Gasteiger partial charge in [0.15, 0.2) is 5.75 Å². The van der Waals surface area contributed by atoms with Gasteiger partial charge in [-0.15, -0.1) is 11.3 Å². The van der Waals surface area contributed by atoms with Crippen molar-refractivity contribution in [3.63, 3.8) is 0 Å². The fraction of sp³-hybridized carbons (Fsp3) is 0.0909. The number of hydrogen-bond acceptors (Lipinski definition) is 3. The summed E-state index contributed by atoms with van der Waals surface area (Å²) in [5.41, 5.74) is 0.961. The van der Waals surface area contributed by atoms with Gasteiger partial charge in [-0.2, -0.15) is 0 Å². The number of thiophene rings is 1.